The minimum Gasteiger partial charge on any atom is -0.0898 e. The highest BCUT2D eigenvalue weighted by Gasteiger charge is 2.01. The van der Waals surface area contributed by atoms with Gasteiger partial charge in [0.15, 0.2) is 0 Å². The number of hydrogen-bond acceptors (Lipinski definition) is 1. The Balaban J connectivity index is 1.98. The first-order valence-electron chi connectivity index (χ1n) is 6.05. The second-order valence-corrected chi connectivity index (χ2v) is 5.49. The van der Waals surface area contributed by atoms with Crippen LogP contribution in [-0.2, 0) is 0 Å². The van der Waals surface area contributed by atoms with Crippen molar-refractivity contribution in [1.29, 1.82) is 0 Å². The van der Waals surface area contributed by atoms with E-state index in [-0.39, 0.29) is 0 Å². The molecule has 0 nitrogen and oxygen atoms in total. The molecule has 0 amide bonds. The van der Waals surface area contributed by atoms with Crippen molar-refractivity contribution in [2.24, 2.45) is 0 Å². The maximum atomic E-state index is 2.26. The van der Waals surface area contributed by atoms with Crippen LogP contribution in [0.5, 0.6) is 0 Å². The summed E-state index contributed by atoms with van der Waals surface area (Å²) in [5.74, 6) is 0. The minimum absolute atomic E-state index is 1.29. The second kappa shape index (κ2) is 4.87. The zero-order valence-electron chi connectivity index (χ0n) is 10.3. The molecule has 0 heterocycles. The molecule has 1 heteroatoms. The summed E-state index contributed by atoms with van der Waals surface area (Å²) in [5, 5.41) is 2.60. The first-order chi connectivity index (χ1) is 8.83. The zero-order chi connectivity index (χ0) is 12.4. The van der Waals surface area contributed by atoms with Crippen LogP contribution in [0.2, 0.25) is 0 Å². The number of hydrogen-bond donors (Lipinski definition) is 0. The first-order valence-corrected chi connectivity index (χ1v) is 6.87. The average Bonchev–Trinajstić information content (AvgIpc) is 2.41. The number of aryl methyl sites for hydroxylation is 1. The molecule has 3 rings (SSSR count). The molecule has 0 unspecified atom stereocenters. The first kappa shape index (κ1) is 11.4. The van der Waals surface area contributed by atoms with Crippen LogP contribution in [-0.4, -0.2) is 0 Å². The standard InChI is InChI=1S/C17H14S/c1-13-6-2-5-9-17(13)18-16-11-10-14-7-3-4-8-15(14)12-16/h2-12H,1H3. The smallest absolute Gasteiger partial charge is 0.0151 e. The fourth-order valence-electron chi connectivity index (χ4n) is 2.03. The summed E-state index contributed by atoms with van der Waals surface area (Å²) in [5.41, 5.74) is 1.33. The van der Waals surface area contributed by atoms with E-state index in [1.54, 1.807) is 0 Å². The lowest BCUT2D eigenvalue weighted by Gasteiger charge is -2.06. The summed E-state index contributed by atoms with van der Waals surface area (Å²) in [4.78, 5) is 2.62. The fourth-order valence-corrected chi connectivity index (χ4v) is 2.98. The molecule has 0 spiro atoms. The molecule has 0 N–H and O–H groups in total. The molecule has 0 fully saturated rings. The summed E-state index contributed by atoms with van der Waals surface area (Å²) in [6.07, 6.45) is 0. The van der Waals surface area contributed by atoms with Gasteiger partial charge in [-0.3, -0.25) is 0 Å². The van der Waals surface area contributed by atoms with E-state index in [1.165, 1.54) is 26.1 Å². The van der Waals surface area contributed by atoms with Gasteiger partial charge in [0.05, 0.1) is 0 Å². The Morgan fingerprint density at radius 3 is 2.28 bits per heavy atom. The van der Waals surface area contributed by atoms with Gasteiger partial charge in [-0.1, -0.05) is 60.3 Å². The molecule has 3 aromatic rings. The molecule has 0 aromatic heterocycles. The largest absolute Gasteiger partial charge is 0.0898 e. The van der Waals surface area contributed by atoms with Crippen LogP contribution < -0.4 is 0 Å². The van der Waals surface area contributed by atoms with Gasteiger partial charge in [0.2, 0.25) is 0 Å². The highest BCUT2D eigenvalue weighted by molar-refractivity contribution is 7.99. The van der Waals surface area contributed by atoms with Gasteiger partial charge in [0.25, 0.3) is 0 Å². The zero-order valence-corrected chi connectivity index (χ0v) is 11.1. The van der Waals surface area contributed by atoms with Crippen molar-refractivity contribution in [2.45, 2.75) is 16.7 Å². The molecule has 3 aromatic carbocycles. The Bertz CT molecular complexity index is 686. The van der Waals surface area contributed by atoms with Crippen molar-refractivity contribution in [3.8, 4) is 0 Å². The predicted octanol–water partition coefficient (Wildman–Crippen LogP) is 5.30. The molecule has 0 aliphatic heterocycles. The maximum absolute atomic E-state index is 2.26. The Morgan fingerprint density at radius 1 is 0.722 bits per heavy atom. The van der Waals surface area contributed by atoms with Gasteiger partial charge in [-0.2, -0.15) is 0 Å². The highest BCUT2D eigenvalue weighted by atomic mass is 32.2. The number of fused-ring (bicyclic) bond motifs is 1. The van der Waals surface area contributed by atoms with Gasteiger partial charge in [0, 0.05) is 9.79 Å². The third-order valence-corrected chi connectivity index (χ3v) is 4.21. The Kier molecular flexibility index (Phi) is 3.07. The number of rotatable bonds is 2. The average molecular weight is 250 g/mol. The van der Waals surface area contributed by atoms with E-state index >= 15 is 0 Å². The van der Waals surface area contributed by atoms with Crippen LogP contribution in [0, 0.1) is 6.92 Å². The normalized spacial score (nSPS) is 10.7. The molecule has 0 saturated heterocycles. The van der Waals surface area contributed by atoms with E-state index in [9.17, 15) is 0 Å². The quantitative estimate of drug-likeness (QED) is 0.594. The van der Waals surface area contributed by atoms with E-state index < -0.39 is 0 Å². The van der Waals surface area contributed by atoms with Gasteiger partial charge in [-0.05, 0) is 41.5 Å². The molecule has 0 aliphatic carbocycles. The Labute approximate surface area is 112 Å². The lowest BCUT2D eigenvalue weighted by Crippen LogP contribution is -1.79. The lowest BCUT2D eigenvalue weighted by atomic mass is 10.1. The van der Waals surface area contributed by atoms with Crippen LogP contribution in [0.4, 0.5) is 0 Å². The summed E-state index contributed by atoms with van der Waals surface area (Å²) < 4.78 is 0. The third kappa shape index (κ3) is 2.27. The predicted molar refractivity (Wildman–Crippen MR) is 79.3 cm³/mol. The SMILES string of the molecule is Cc1ccccc1Sc1ccc2ccccc2c1. The monoisotopic (exact) mass is 250 g/mol. The summed E-state index contributed by atoms with van der Waals surface area (Å²) in [6, 6.07) is 23.6. The molecule has 0 radical (unpaired) electrons. The van der Waals surface area contributed by atoms with E-state index in [1.807, 2.05) is 11.8 Å². The highest BCUT2D eigenvalue weighted by Crippen LogP contribution is 2.31. The molecular weight excluding hydrogens is 236 g/mol. The molecule has 18 heavy (non-hydrogen) atoms. The summed E-state index contributed by atoms with van der Waals surface area (Å²) in [6.45, 7) is 2.16. The second-order valence-electron chi connectivity index (χ2n) is 4.38. The maximum Gasteiger partial charge on any atom is 0.0151 e. The number of benzene rings is 3. The van der Waals surface area contributed by atoms with Crippen LogP contribution in [0.3, 0.4) is 0 Å². The molecule has 0 atom stereocenters. The molecule has 0 saturated carbocycles. The van der Waals surface area contributed by atoms with E-state index in [0.29, 0.717) is 0 Å². The summed E-state index contributed by atoms with van der Waals surface area (Å²) >= 11 is 1.83. The van der Waals surface area contributed by atoms with E-state index in [0.717, 1.165) is 0 Å². The fraction of sp³-hybridized carbons (Fsp3) is 0.0588. The third-order valence-electron chi connectivity index (χ3n) is 3.04. The Morgan fingerprint density at radius 2 is 1.44 bits per heavy atom. The van der Waals surface area contributed by atoms with Crippen molar-refractivity contribution in [1.82, 2.24) is 0 Å². The van der Waals surface area contributed by atoms with Crippen molar-refractivity contribution >= 4 is 22.5 Å². The van der Waals surface area contributed by atoms with Gasteiger partial charge in [0.1, 0.15) is 0 Å². The Hall–Kier alpha value is -1.73. The minimum atomic E-state index is 1.29. The molecular formula is C17H14S. The molecule has 88 valence electrons. The summed E-state index contributed by atoms with van der Waals surface area (Å²) in [7, 11) is 0. The van der Waals surface area contributed by atoms with Crippen LogP contribution in [0.25, 0.3) is 10.8 Å². The van der Waals surface area contributed by atoms with Gasteiger partial charge >= 0.3 is 0 Å². The van der Waals surface area contributed by atoms with Crippen molar-refractivity contribution in [3.63, 3.8) is 0 Å². The van der Waals surface area contributed by atoms with Crippen molar-refractivity contribution in [2.75, 3.05) is 0 Å². The topological polar surface area (TPSA) is 0 Å². The van der Waals surface area contributed by atoms with E-state index in [2.05, 4.69) is 73.7 Å². The molecule has 0 aliphatic rings. The van der Waals surface area contributed by atoms with Crippen LogP contribution >= 0.6 is 11.8 Å². The van der Waals surface area contributed by atoms with Crippen LogP contribution in [0.15, 0.2) is 76.5 Å². The van der Waals surface area contributed by atoms with Crippen LogP contribution in [0.1, 0.15) is 5.56 Å². The van der Waals surface area contributed by atoms with Crippen molar-refractivity contribution in [3.05, 3.63) is 72.3 Å². The van der Waals surface area contributed by atoms with Crippen molar-refractivity contribution < 1.29 is 0 Å². The van der Waals surface area contributed by atoms with Gasteiger partial charge < -0.3 is 0 Å². The van der Waals surface area contributed by atoms with Gasteiger partial charge in [-0.25, -0.2) is 0 Å². The van der Waals surface area contributed by atoms with Gasteiger partial charge in [-0.15, -0.1) is 0 Å². The molecule has 0 bridgehead atoms. The van der Waals surface area contributed by atoms with E-state index in [4.69, 9.17) is 0 Å². The lowest BCUT2D eigenvalue weighted by molar-refractivity contribution is 1.29.